The SMILES string of the molecule is Cc1nc2ccccn2c1CCC(=O)Nc1ccc(S(N)(=O)=O)cc1. The van der Waals surface area contributed by atoms with Gasteiger partial charge in [-0.2, -0.15) is 0 Å². The minimum absolute atomic E-state index is 0.00635. The number of sulfonamides is 1. The monoisotopic (exact) mass is 358 g/mol. The summed E-state index contributed by atoms with van der Waals surface area (Å²) in [5, 5.41) is 7.79. The maximum absolute atomic E-state index is 12.2. The van der Waals surface area contributed by atoms with Crippen molar-refractivity contribution in [1.82, 2.24) is 9.38 Å². The minimum Gasteiger partial charge on any atom is -0.326 e. The summed E-state index contributed by atoms with van der Waals surface area (Å²) in [5.74, 6) is -0.159. The number of rotatable bonds is 5. The van der Waals surface area contributed by atoms with Crippen LogP contribution in [0.5, 0.6) is 0 Å². The van der Waals surface area contributed by atoms with Crippen LogP contribution < -0.4 is 10.5 Å². The number of carbonyl (C=O) groups is 1. The number of carbonyl (C=O) groups excluding carboxylic acids is 1. The van der Waals surface area contributed by atoms with Crippen LogP contribution in [-0.2, 0) is 21.2 Å². The molecule has 0 spiro atoms. The van der Waals surface area contributed by atoms with Gasteiger partial charge in [0.05, 0.1) is 10.6 Å². The third kappa shape index (κ3) is 3.86. The molecule has 8 heteroatoms. The molecular weight excluding hydrogens is 340 g/mol. The van der Waals surface area contributed by atoms with Crippen LogP contribution in [0, 0.1) is 6.92 Å². The number of hydrogen-bond donors (Lipinski definition) is 2. The Hall–Kier alpha value is -2.71. The zero-order valence-corrected chi connectivity index (χ0v) is 14.5. The van der Waals surface area contributed by atoms with Crippen molar-refractivity contribution in [1.29, 1.82) is 0 Å². The van der Waals surface area contributed by atoms with Gasteiger partial charge in [-0.1, -0.05) is 6.07 Å². The first-order valence-corrected chi connectivity index (χ1v) is 9.24. The topological polar surface area (TPSA) is 107 Å². The number of amides is 1. The van der Waals surface area contributed by atoms with Crippen molar-refractivity contribution in [3.8, 4) is 0 Å². The Balaban J connectivity index is 1.66. The number of anilines is 1. The summed E-state index contributed by atoms with van der Waals surface area (Å²) >= 11 is 0. The van der Waals surface area contributed by atoms with Gasteiger partial charge < -0.3 is 9.72 Å². The molecule has 2 aromatic heterocycles. The highest BCUT2D eigenvalue weighted by molar-refractivity contribution is 7.89. The molecular formula is C17H18N4O3S. The van der Waals surface area contributed by atoms with Crippen LogP contribution in [0.1, 0.15) is 17.8 Å². The molecule has 1 amide bonds. The summed E-state index contributed by atoms with van der Waals surface area (Å²) < 4.78 is 24.4. The van der Waals surface area contributed by atoms with Crippen LogP contribution in [0.3, 0.4) is 0 Å². The molecule has 130 valence electrons. The molecule has 2 heterocycles. The summed E-state index contributed by atoms with van der Waals surface area (Å²) in [6.45, 7) is 1.92. The van der Waals surface area contributed by atoms with E-state index in [1.807, 2.05) is 35.7 Å². The Morgan fingerprint density at radius 2 is 1.92 bits per heavy atom. The summed E-state index contributed by atoms with van der Waals surface area (Å²) in [4.78, 5) is 16.6. The smallest absolute Gasteiger partial charge is 0.238 e. The summed E-state index contributed by atoms with van der Waals surface area (Å²) in [7, 11) is -3.74. The number of nitrogens with one attached hydrogen (secondary N) is 1. The highest BCUT2D eigenvalue weighted by Gasteiger charge is 2.11. The van der Waals surface area contributed by atoms with Gasteiger partial charge in [0.15, 0.2) is 0 Å². The van der Waals surface area contributed by atoms with Crippen LogP contribution in [-0.4, -0.2) is 23.7 Å². The Morgan fingerprint density at radius 1 is 1.20 bits per heavy atom. The molecule has 0 fully saturated rings. The number of fused-ring (bicyclic) bond motifs is 1. The van der Waals surface area contributed by atoms with E-state index in [1.54, 1.807) is 0 Å². The first kappa shape index (κ1) is 17.1. The Bertz CT molecular complexity index is 1020. The van der Waals surface area contributed by atoms with E-state index in [0.29, 0.717) is 18.5 Å². The maximum atomic E-state index is 12.2. The third-order valence-electron chi connectivity index (χ3n) is 3.88. The van der Waals surface area contributed by atoms with E-state index in [1.165, 1.54) is 24.3 Å². The second-order valence-corrected chi connectivity index (χ2v) is 7.25. The van der Waals surface area contributed by atoms with Crippen LogP contribution >= 0.6 is 0 Å². The number of nitrogens with two attached hydrogens (primary N) is 1. The highest BCUT2D eigenvalue weighted by atomic mass is 32.2. The first-order chi connectivity index (χ1) is 11.8. The number of pyridine rings is 1. The van der Waals surface area contributed by atoms with Gasteiger partial charge >= 0.3 is 0 Å². The fourth-order valence-corrected chi connectivity index (χ4v) is 3.16. The van der Waals surface area contributed by atoms with Crippen LogP contribution in [0.2, 0.25) is 0 Å². The van der Waals surface area contributed by atoms with Crippen molar-refractivity contribution in [2.45, 2.75) is 24.7 Å². The minimum atomic E-state index is -3.74. The van der Waals surface area contributed by atoms with E-state index in [0.717, 1.165) is 17.0 Å². The van der Waals surface area contributed by atoms with Gasteiger partial charge in [0.2, 0.25) is 15.9 Å². The van der Waals surface area contributed by atoms with Crippen molar-refractivity contribution < 1.29 is 13.2 Å². The number of primary sulfonamides is 1. The molecule has 0 aliphatic carbocycles. The fraction of sp³-hybridized carbons (Fsp3) is 0.176. The average Bonchev–Trinajstić information content (AvgIpc) is 2.88. The van der Waals surface area contributed by atoms with Gasteiger partial charge in [-0.15, -0.1) is 0 Å². The largest absolute Gasteiger partial charge is 0.326 e. The predicted octanol–water partition coefficient (Wildman–Crippen LogP) is 1.86. The molecule has 0 unspecified atom stereocenters. The Morgan fingerprint density at radius 3 is 2.60 bits per heavy atom. The van der Waals surface area contributed by atoms with Gasteiger partial charge in [-0.25, -0.2) is 18.5 Å². The standard InChI is InChI=1S/C17H18N4O3S/c1-12-15(21-11-3-2-4-16(21)19-12)9-10-17(22)20-13-5-7-14(8-6-13)25(18,23)24/h2-8,11H,9-10H2,1H3,(H,20,22)(H2,18,23,24). The Labute approximate surface area is 145 Å². The van der Waals surface area contributed by atoms with E-state index in [9.17, 15) is 13.2 Å². The summed E-state index contributed by atoms with van der Waals surface area (Å²) in [6, 6.07) is 11.5. The molecule has 3 rings (SSSR count). The molecule has 3 N–H and O–H groups in total. The maximum Gasteiger partial charge on any atom is 0.238 e. The van der Waals surface area contributed by atoms with E-state index in [-0.39, 0.29) is 10.8 Å². The van der Waals surface area contributed by atoms with E-state index < -0.39 is 10.0 Å². The van der Waals surface area contributed by atoms with Crippen LogP contribution in [0.15, 0.2) is 53.6 Å². The highest BCUT2D eigenvalue weighted by Crippen LogP contribution is 2.16. The normalized spacial score (nSPS) is 11.6. The third-order valence-corrected chi connectivity index (χ3v) is 4.81. The van der Waals surface area contributed by atoms with Gasteiger partial charge in [0.1, 0.15) is 5.65 Å². The lowest BCUT2D eigenvalue weighted by Gasteiger charge is -2.07. The molecule has 0 aliphatic heterocycles. The van der Waals surface area contributed by atoms with E-state index in [2.05, 4.69) is 10.3 Å². The van der Waals surface area contributed by atoms with Gasteiger partial charge in [0.25, 0.3) is 0 Å². The molecule has 3 aromatic rings. The second kappa shape index (κ2) is 6.66. The zero-order valence-electron chi connectivity index (χ0n) is 13.6. The van der Waals surface area contributed by atoms with Crippen molar-refractivity contribution in [2.24, 2.45) is 5.14 Å². The average molecular weight is 358 g/mol. The number of aryl methyl sites for hydroxylation is 2. The Kier molecular flexibility index (Phi) is 4.56. The molecule has 0 saturated heterocycles. The molecule has 7 nitrogen and oxygen atoms in total. The molecule has 1 aromatic carbocycles. The number of imidazole rings is 1. The van der Waals surface area contributed by atoms with Gasteiger partial charge in [-0.3, -0.25) is 4.79 Å². The molecule has 0 radical (unpaired) electrons. The number of nitrogens with zero attached hydrogens (tertiary/aromatic N) is 2. The number of aromatic nitrogens is 2. The fourth-order valence-electron chi connectivity index (χ4n) is 2.65. The van der Waals surface area contributed by atoms with E-state index in [4.69, 9.17) is 5.14 Å². The number of hydrogen-bond acceptors (Lipinski definition) is 4. The van der Waals surface area contributed by atoms with E-state index >= 15 is 0 Å². The lowest BCUT2D eigenvalue weighted by Crippen LogP contribution is -2.14. The predicted molar refractivity (Wildman–Crippen MR) is 94.7 cm³/mol. The zero-order chi connectivity index (χ0) is 18.0. The quantitative estimate of drug-likeness (QED) is 0.726. The van der Waals surface area contributed by atoms with Gasteiger partial charge in [-0.05, 0) is 49.7 Å². The lowest BCUT2D eigenvalue weighted by atomic mass is 10.2. The summed E-state index contributed by atoms with van der Waals surface area (Å²) in [5.41, 5.74) is 3.27. The molecule has 0 saturated carbocycles. The second-order valence-electron chi connectivity index (χ2n) is 5.69. The lowest BCUT2D eigenvalue weighted by molar-refractivity contribution is -0.116. The van der Waals surface area contributed by atoms with Crippen molar-refractivity contribution >= 4 is 27.3 Å². The molecule has 0 aliphatic rings. The van der Waals surface area contributed by atoms with Crippen molar-refractivity contribution in [3.05, 3.63) is 60.0 Å². The van der Waals surface area contributed by atoms with Crippen molar-refractivity contribution in [3.63, 3.8) is 0 Å². The van der Waals surface area contributed by atoms with Crippen LogP contribution in [0.4, 0.5) is 5.69 Å². The van der Waals surface area contributed by atoms with Crippen LogP contribution in [0.25, 0.3) is 5.65 Å². The molecule has 0 bridgehead atoms. The molecule has 0 atom stereocenters. The summed E-state index contributed by atoms with van der Waals surface area (Å²) in [6.07, 6.45) is 2.77. The molecule has 25 heavy (non-hydrogen) atoms. The number of benzene rings is 1. The first-order valence-electron chi connectivity index (χ1n) is 7.70. The van der Waals surface area contributed by atoms with Gasteiger partial charge in [0, 0.05) is 24.0 Å². The van der Waals surface area contributed by atoms with Crippen molar-refractivity contribution in [2.75, 3.05) is 5.32 Å².